The van der Waals surface area contributed by atoms with Crippen LogP contribution in [0.4, 0.5) is 4.79 Å². The Labute approximate surface area is 117 Å². The quantitative estimate of drug-likeness (QED) is 0.875. The van der Waals surface area contributed by atoms with Crippen LogP contribution in [0.3, 0.4) is 0 Å². The van der Waals surface area contributed by atoms with E-state index >= 15 is 0 Å². The molecule has 0 saturated heterocycles. The van der Waals surface area contributed by atoms with Crippen LogP contribution in [0.5, 0.6) is 5.75 Å². The minimum absolute atomic E-state index is 0.129. The fourth-order valence-corrected chi connectivity index (χ4v) is 1.68. The van der Waals surface area contributed by atoms with Crippen molar-refractivity contribution in [1.29, 1.82) is 0 Å². The van der Waals surface area contributed by atoms with Crippen LogP contribution in [0.15, 0.2) is 48.7 Å². The summed E-state index contributed by atoms with van der Waals surface area (Å²) in [5, 5.41) is 11.9. The second kappa shape index (κ2) is 7.13. The third-order valence-corrected chi connectivity index (χ3v) is 2.66. The number of carbonyl (C=O) groups excluding carboxylic acids is 1. The van der Waals surface area contributed by atoms with Crippen molar-refractivity contribution in [2.45, 2.75) is 13.0 Å². The summed E-state index contributed by atoms with van der Waals surface area (Å²) in [6.07, 6.45) is 1.89. The van der Waals surface area contributed by atoms with E-state index in [-0.39, 0.29) is 12.4 Å². The number of benzene rings is 1. The minimum atomic E-state index is -0.482. The van der Waals surface area contributed by atoms with Crippen LogP contribution in [-0.4, -0.2) is 22.7 Å². The van der Waals surface area contributed by atoms with Gasteiger partial charge >= 0.3 is 6.09 Å². The Hall–Kier alpha value is -2.56. The molecule has 0 spiro atoms. The molecule has 0 radical (unpaired) electrons. The van der Waals surface area contributed by atoms with Crippen LogP contribution in [0.25, 0.3) is 0 Å². The summed E-state index contributed by atoms with van der Waals surface area (Å²) in [4.78, 5) is 15.6. The zero-order chi connectivity index (χ0) is 14.2. The number of phenolic OH excluding ortho intramolecular Hbond substituents is 1. The van der Waals surface area contributed by atoms with Crippen molar-refractivity contribution in [2.24, 2.45) is 0 Å². The highest BCUT2D eigenvalue weighted by molar-refractivity contribution is 5.67. The number of nitrogens with one attached hydrogen (secondary N) is 1. The fraction of sp³-hybridized carbons (Fsp3) is 0.200. The maximum atomic E-state index is 11.5. The van der Waals surface area contributed by atoms with E-state index in [9.17, 15) is 9.90 Å². The number of pyridine rings is 1. The van der Waals surface area contributed by atoms with Gasteiger partial charge in [0.1, 0.15) is 12.4 Å². The van der Waals surface area contributed by atoms with Crippen molar-refractivity contribution in [3.8, 4) is 5.75 Å². The van der Waals surface area contributed by atoms with Gasteiger partial charge in [-0.05, 0) is 29.8 Å². The number of carbonyl (C=O) groups is 1. The average molecular weight is 272 g/mol. The summed E-state index contributed by atoms with van der Waals surface area (Å²) in [6, 6.07) is 12.3. The number of amides is 1. The summed E-state index contributed by atoms with van der Waals surface area (Å²) in [5.41, 5.74) is 1.66. The van der Waals surface area contributed by atoms with Crippen molar-refractivity contribution in [3.63, 3.8) is 0 Å². The number of rotatable bonds is 5. The third kappa shape index (κ3) is 4.61. The lowest BCUT2D eigenvalue weighted by Crippen LogP contribution is -2.26. The SMILES string of the molecule is O=C(NCCc1ccccn1)OCc1cccc(O)c1. The first kappa shape index (κ1) is 13.9. The number of aromatic hydroxyl groups is 1. The van der Waals surface area contributed by atoms with Crippen LogP contribution in [0.1, 0.15) is 11.3 Å². The predicted octanol–water partition coefficient (Wildman–Crippen LogP) is 2.26. The van der Waals surface area contributed by atoms with E-state index in [2.05, 4.69) is 10.3 Å². The molecule has 0 atom stereocenters. The Morgan fingerprint density at radius 1 is 1.25 bits per heavy atom. The molecule has 2 rings (SSSR count). The van der Waals surface area contributed by atoms with Gasteiger partial charge in [0.2, 0.25) is 0 Å². The maximum absolute atomic E-state index is 11.5. The van der Waals surface area contributed by atoms with Gasteiger partial charge in [0.25, 0.3) is 0 Å². The van der Waals surface area contributed by atoms with E-state index < -0.39 is 6.09 Å². The van der Waals surface area contributed by atoms with E-state index in [1.54, 1.807) is 30.5 Å². The van der Waals surface area contributed by atoms with Gasteiger partial charge < -0.3 is 15.2 Å². The molecule has 1 aromatic heterocycles. The topological polar surface area (TPSA) is 71.5 Å². The second-order valence-corrected chi connectivity index (χ2v) is 4.24. The van der Waals surface area contributed by atoms with Gasteiger partial charge in [-0.2, -0.15) is 0 Å². The van der Waals surface area contributed by atoms with E-state index in [1.807, 2.05) is 18.2 Å². The lowest BCUT2D eigenvalue weighted by atomic mass is 10.2. The standard InChI is InChI=1S/C15H16N2O3/c18-14-6-3-4-12(10-14)11-20-15(19)17-9-7-13-5-1-2-8-16-13/h1-6,8,10,18H,7,9,11H2,(H,17,19). The Kier molecular flexibility index (Phi) is 4.94. The molecule has 20 heavy (non-hydrogen) atoms. The molecule has 5 nitrogen and oxygen atoms in total. The second-order valence-electron chi connectivity index (χ2n) is 4.24. The first-order valence-electron chi connectivity index (χ1n) is 6.32. The molecule has 2 N–H and O–H groups in total. The first-order valence-corrected chi connectivity index (χ1v) is 6.32. The van der Waals surface area contributed by atoms with Gasteiger partial charge in [-0.1, -0.05) is 18.2 Å². The monoisotopic (exact) mass is 272 g/mol. The molecule has 1 heterocycles. The van der Waals surface area contributed by atoms with E-state index in [1.165, 1.54) is 0 Å². The molecular formula is C15H16N2O3. The van der Waals surface area contributed by atoms with Crippen molar-refractivity contribution < 1.29 is 14.6 Å². The van der Waals surface area contributed by atoms with Gasteiger partial charge in [0.15, 0.2) is 0 Å². The Morgan fingerprint density at radius 2 is 2.15 bits per heavy atom. The van der Waals surface area contributed by atoms with Crippen molar-refractivity contribution in [2.75, 3.05) is 6.54 Å². The molecule has 104 valence electrons. The number of phenols is 1. The number of alkyl carbamates (subject to hydrolysis) is 1. The smallest absolute Gasteiger partial charge is 0.407 e. The van der Waals surface area contributed by atoms with Crippen LogP contribution in [0, 0.1) is 0 Å². The molecule has 0 saturated carbocycles. The van der Waals surface area contributed by atoms with Crippen LogP contribution >= 0.6 is 0 Å². The van der Waals surface area contributed by atoms with Gasteiger partial charge in [-0.3, -0.25) is 4.98 Å². The number of aromatic nitrogens is 1. The van der Waals surface area contributed by atoms with Gasteiger partial charge in [-0.15, -0.1) is 0 Å². The molecular weight excluding hydrogens is 256 g/mol. The zero-order valence-corrected chi connectivity index (χ0v) is 11.0. The highest BCUT2D eigenvalue weighted by Gasteiger charge is 2.03. The van der Waals surface area contributed by atoms with E-state index in [0.717, 1.165) is 11.3 Å². The lowest BCUT2D eigenvalue weighted by Gasteiger charge is -2.07. The summed E-state index contributed by atoms with van der Waals surface area (Å²) in [7, 11) is 0. The van der Waals surface area contributed by atoms with Crippen molar-refractivity contribution in [1.82, 2.24) is 10.3 Å². The van der Waals surface area contributed by atoms with Gasteiger partial charge in [-0.25, -0.2) is 4.79 Å². The van der Waals surface area contributed by atoms with E-state index in [0.29, 0.717) is 13.0 Å². The van der Waals surface area contributed by atoms with Crippen LogP contribution in [-0.2, 0) is 17.8 Å². The van der Waals surface area contributed by atoms with Crippen molar-refractivity contribution in [3.05, 3.63) is 59.9 Å². The summed E-state index contributed by atoms with van der Waals surface area (Å²) < 4.78 is 5.04. The Bertz CT molecular complexity index is 558. The van der Waals surface area contributed by atoms with Crippen LogP contribution < -0.4 is 5.32 Å². The molecule has 0 aliphatic rings. The molecule has 0 aliphatic heterocycles. The highest BCUT2D eigenvalue weighted by Crippen LogP contribution is 2.11. The molecule has 5 heteroatoms. The maximum Gasteiger partial charge on any atom is 0.407 e. The Morgan fingerprint density at radius 3 is 2.90 bits per heavy atom. The minimum Gasteiger partial charge on any atom is -0.508 e. The summed E-state index contributed by atoms with van der Waals surface area (Å²) >= 11 is 0. The van der Waals surface area contributed by atoms with Gasteiger partial charge in [0.05, 0.1) is 0 Å². The number of nitrogens with zero attached hydrogens (tertiary/aromatic N) is 1. The first-order chi connectivity index (χ1) is 9.74. The number of ether oxygens (including phenoxy) is 1. The summed E-state index contributed by atoms with van der Waals surface area (Å²) in [6.45, 7) is 0.597. The number of hydrogen-bond acceptors (Lipinski definition) is 4. The number of hydrogen-bond donors (Lipinski definition) is 2. The van der Waals surface area contributed by atoms with Crippen LogP contribution in [0.2, 0.25) is 0 Å². The molecule has 0 fully saturated rings. The molecule has 1 aromatic carbocycles. The zero-order valence-electron chi connectivity index (χ0n) is 11.0. The largest absolute Gasteiger partial charge is 0.508 e. The molecule has 2 aromatic rings. The molecule has 0 bridgehead atoms. The average Bonchev–Trinajstić information content (AvgIpc) is 2.46. The molecule has 0 aliphatic carbocycles. The van der Waals surface area contributed by atoms with Crippen molar-refractivity contribution >= 4 is 6.09 Å². The fourth-order valence-electron chi connectivity index (χ4n) is 1.68. The van der Waals surface area contributed by atoms with E-state index in [4.69, 9.17) is 4.74 Å². The Balaban J connectivity index is 1.68. The lowest BCUT2D eigenvalue weighted by molar-refractivity contribution is 0.139. The highest BCUT2D eigenvalue weighted by atomic mass is 16.5. The van der Waals surface area contributed by atoms with Gasteiger partial charge in [0, 0.05) is 24.9 Å². The normalized spacial score (nSPS) is 10.0. The molecule has 1 amide bonds. The predicted molar refractivity (Wildman–Crippen MR) is 74.2 cm³/mol. The third-order valence-electron chi connectivity index (χ3n) is 2.66. The molecule has 0 unspecified atom stereocenters. The summed E-state index contributed by atoms with van der Waals surface area (Å²) in [5.74, 6) is 0.154.